The molecule has 0 spiro atoms. The highest BCUT2D eigenvalue weighted by Gasteiger charge is 2.42. The lowest BCUT2D eigenvalue weighted by molar-refractivity contribution is -0.149. The van der Waals surface area contributed by atoms with Crippen LogP contribution in [0, 0.1) is 0 Å². The lowest BCUT2D eigenvalue weighted by Crippen LogP contribution is -2.56. The van der Waals surface area contributed by atoms with Crippen LogP contribution in [0.3, 0.4) is 0 Å². The molecule has 0 atom stereocenters. The van der Waals surface area contributed by atoms with Crippen LogP contribution in [0.15, 0.2) is 29.6 Å². The first-order valence-corrected chi connectivity index (χ1v) is 10.2. The Labute approximate surface area is 163 Å². The molecule has 1 aliphatic heterocycles. The third-order valence-corrected chi connectivity index (χ3v) is 6.07. The molecule has 1 saturated heterocycles. The van der Waals surface area contributed by atoms with Crippen LogP contribution in [0.1, 0.15) is 30.1 Å². The number of nitrogens with zero attached hydrogens (tertiary/aromatic N) is 1. The Morgan fingerprint density at radius 1 is 1.26 bits per heavy atom. The van der Waals surface area contributed by atoms with Gasteiger partial charge in [-0.2, -0.15) is 0 Å². The number of thiophene rings is 1. The molecule has 6 nitrogen and oxygen atoms in total. The minimum atomic E-state index is -0.875. The fourth-order valence-corrected chi connectivity index (χ4v) is 4.39. The summed E-state index contributed by atoms with van der Waals surface area (Å²) in [7, 11) is 1.56. The highest BCUT2D eigenvalue weighted by molar-refractivity contribution is 7.17. The molecular formula is C20H26N2O4S. The molecule has 3 rings (SSSR count). The number of likely N-dealkylation sites (tertiary alicyclic amines) is 1. The van der Waals surface area contributed by atoms with Crippen LogP contribution >= 0.6 is 11.3 Å². The van der Waals surface area contributed by atoms with Crippen LogP contribution in [0.5, 0.6) is 0 Å². The predicted octanol–water partition coefficient (Wildman–Crippen LogP) is 2.68. The number of piperidine rings is 1. The Balaban J connectivity index is 1.63. The van der Waals surface area contributed by atoms with E-state index >= 15 is 0 Å². The molecule has 2 amide bonds. The van der Waals surface area contributed by atoms with E-state index in [2.05, 4.69) is 5.32 Å². The molecule has 7 heteroatoms. The van der Waals surface area contributed by atoms with Crippen molar-refractivity contribution in [3.63, 3.8) is 0 Å². The number of fused-ring (bicyclic) bond motifs is 1. The summed E-state index contributed by atoms with van der Waals surface area (Å²) in [5.74, 6) is -0.105. The van der Waals surface area contributed by atoms with Gasteiger partial charge in [-0.25, -0.2) is 0 Å². The van der Waals surface area contributed by atoms with Gasteiger partial charge in [-0.15, -0.1) is 11.3 Å². The third-order valence-electron chi connectivity index (χ3n) is 5.11. The van der Waals surface area contributed by atoms with Crippen molar-refractivity contribution >= 4 is 33.2 Å². The number of hydrogen-bond acceptors (Lipinski definition) is 5. The average Bonchev–Trinajstić information content (AvgIpc) is 3.14. The van der Waals surface area contributed by atoms with E-state index in [1.807, 2.05) is 41.5 Å². The van der Waals surface area contributed by atoms with Gasteiger partial charge < -0.3 is 19.7 Å². The fourth-order valence-electron chi connectivity index (χ4n) is 3.45. The van der Waals surface area contributed by atoms with Gasteiger partial charge in [0.15, 0.2) is 0 Å². The Morgan fingerprint density at radius 3 is 2.70 bits per heavy atom. The van der Waals surface area contributed by atoms with Crippen molar-refractivity contribution in [3.8, 4) is 0 Å². The van der Waals surface area contributed by atoms with Crippen LogP contribution in [0.2, 0.25) is 0 Å². The summed E-state index contributed by atoms with van der Waals surface area (Å²) >= 11 is 1.58. The Bertz CT molecular complexity index is 796. The maximum atomic E-state index is 13.0. The molecule has 0 unspecified atom stereocenters. The van der Waals surface area contributed by atoms with E-state index in [4.69, 9.17) is 9.47 Å². The number of carbonyl (C=O) groups excluding carboxylic acids is 2. The first kappa shape index (κ1) is 19.8. The van der Waals surface area contributed by atoms with E-state index in [0.29, 0.717) is 45.7 Å². The zero-order valence-corrected chi connectivity index (χ0v) is 16.6. The molecular weight excluding hydrogens is 364 g/mol. The van der Waals surface area contributed by atoms with E-state index in [9.17, 15) is 9.59 Å². The van der Waals surface area contributed by atoms with Crippen molar-refractivity contribution < 1.29 is 19.1 Å². The minimum absolute atomic E-state index is 0.0221. The van der Waals surface area contributed by atoms with Gasteiger partial charge in [-0.3, -0.25) is 9.59 Å². The first-order chi connectivity index (χ1) is 13.1. The van der Waals surface area contributed by atoms with Gasteiger partial charge in [0, 0.05) is 61.7 Å². The van der Waals surface area contributed by atoms with Gasteiger partial charge in [0.1, 0.15) is 5.60 Å². The zero-order chi connectivity index (χ0) is 19.3. The number of nitrogens with one attached hydrogen (secondary N) is 1. The SMILES string of the molecule is CCOCCNC(=O)C1(OC)CCN(C(=O)c2csc3ccccc23)CC1. The molecule has 1 fully saturated rings. The standard InChI is InChI=1S/C20H26N2O4S/c1-3-26-13-10-21-19(24)20(25-2)8-11-22(12-9-20)18(23)16-14-27-17-7-5-4-6-15(16)17/h4-7,14H,3,8-13H2,1-2H3,(H,21,24). The van der Waals surface area contributed by atoms with Gasteiger partial charge in [0.25, 0.3) is 11.8 Å². The lowest BCUT2D eigenvalue weighted by Gasteiger charge is -2.39. The molecule has 0 bridgehead atoms. The molecule has 1 aliphatic rings. The number of ether oxygens (including phenoxy) is 2. The molecule has 0 radical (unpaired) electrons. The van der Waals surface area contributed by atoms with E-state index in [0.717, 1.165) is 15.6 Å². The number of carbonyl (C=O) groups is 2. The second kappa shape index (κ2) is 8.82. The molecule has 1 aromatic heterocycles. The smallest absolute Gasteiger partial charge is 0.255 e. The molecule has 1 aromatic carbocycles. The number of rotatable bonds is 7. The maximum Gasteiger partial charge on any atom is 0.255 e. The van der Waals surface area contributed by atoms with Crippen molar-refractivity contribution in [2.45, 2.75) is 25.4 Å². The van der Waals surface area contributed by atoms with Crippen molar-refractivity contribution in [2.24, 2.45) is 0 Å². The molecule has 2 aromatic rings. The second-order valence-corrected chi connectivity index (χ2v) is 7.50. The molecule has 146 valence electrons. The highest BCUT2D eigenvalue weighted by Crippen LogP contribution is 2.30. The van der Waals surface area contributed by atoms with Crippen molar-refractivity contribution in [1.82, 2.24) is 10.2 Å². The Hall–Kier alpha value is -1.96. The van der Waals surface area contributed by atoms with Crippen LogP contribution < -0.4 is 5.32 Å². The summed E-state index contributed by atoms with van der Waals surface area (Å²) in [5.41, 5.74) is -0.138. The van der Waals surface area contributed by atoms with Gasteiger partial charge >= 0.3 is 0 Å². The van der Waals surface area contributed by atoms with E-state index < -0.39 is 5.60 Å². The van der Waals surface area contributed by atoms with Crippen molar-refractivity contribution in [1.29, 1.82) is 0 Å². The maximum absolute atomic E-state index is 13.0. The summed E-state index contributed by atoms with van der Waals surface area (Å²) in [4.78, 5) is 27.4. The zero-order valence-electron chi connectivity index (χ0n) is 15.8. The normalized spacial score (nSPS) is 16.4. The molecule has 1 N–H and O–H groups in total. The van der Waals surface area contributed by atoms with Gasteiger partial charge in [0.2, 0.25) is 0 Å². The highest BCUT2D eigenvalue weighted by atomic mass is 32.1. The van der Waals surface area contributed by atoms with E-state index in [-0.39, 0.29) is 11.8 Å². The quantitative estimate of drug-likeness (QED) is 0.738. The number of methoxy groups -OCH3 is 1. The predicted molar refractivity (Wildman–Crippen MR) is 106 cm³/mol. The van der Waals surface area contributed by atoms with Crippen molar-refractivity contribution in [2.75, 3.05) is 40.0 Å². The first-order valence-electron chi connectivity index (χ1n) is 9.28. The van der Waals surface area contributed by atoms with Gasteiger partial charge in [-0.05, 0) is 13.0 Å². The third kappa shape index (κ3) is 4.15. The molecule has 0 aliphatic carbocycles. The Morgan fingerprint density at radius 2 is 2.00 bits per heavy atom. The largest absolute Gasteiger partial charge is 0.380 e. The van der Waals surface area contributed by atoms with Crippen LogP contribution in [-0.4, -0.2) is 62.3 Å². The number of amides is 2. The summed E-state index contributed by atoms with van der Waals surface area (Å²) in [6.45, 7) is 4.48. The topological polar surface area (TPSA) is 67.9 Å². The van der Waals surface area contributed by atoms with E-state index in [1.165, 1.54) is 0 Å². The van der Waals surface area contributed by atoms with Crippen LogP contribution in [0.25, 0.3) is 10.1 Å². The molecule has 2 heterocycles. The van der Waals surface area contributed by atoms with Crippen LogP contribution in [0.4, 0.5) is 0 Å². The molecule has 27 heavy (non-hydrogen) atoms. The van der Waals surface area contributed by atoms with Gasteiger partial charge in [-0.1, -0.05) is 18.2 Å². The number of benzene rings is 1. The second-order valence-electron chi connectivity index (χ2n) is 6.59. The molecule has 0 saturated carbocycles. The lowest BCUT2D eigenvalue weighted by atomic mass is 9.89. The van der Waals surface area contributed by atoms with Crippen molar-refractivity contribution in [3.05, 3.63) is 35.2 Å². The minimum Gasteiger partial charge on any atom is -0.380 e. The summed E-state index contributed by atoms with van der Waals surface area (Å²) in [6.07, 6.45) is 0.968. The monoisotopic (exact) mass is 390 g/mol. The Kier molecular flexibility index (Phi) is 6.46. The van der Waals surface area contributed by atoms with Gasteiger partial charge in [0.05, 0.1) is 12.2 Å². The fraction of sp³-hybridized carbons (Fsp3) is 0.500. The summed E-state index contributed by atoms with van der Waals surface area (Å²) in [6, 6.07) is 7.93. The summed E-state index contributed by atoms with van der Waals surface area (Å²) in [5, 5.41) is 5.80. The number of hydrogen-bond donors (Lipinski definition) is 1. The average molecular weight is 391 g/mol. The van der Waals surface area contributed by atoms with E-state index in [1.54, 1.807) is 18.4 Å². The van der Waals surface area contributed by atoms with Crippen LogP contribution in [-0.2, 0) is 14.3 Å². The summed E-state index contributed by atoms with van der Waals surface area (Å²) < 4.78 is 12.0.